The molecule has 0 aliphatic carbocycles. The number of fused-ring (bicyclic) bond motifs is 2. The lowest BCUT2D eigenvalue weighted by Crippen LogP contribution is -2.13. The molecule has 2 heterocycles. The van der Waals surface area contributed by atoms with Gasteiger partial charge in [0.15, 0.2) is 9.60 Å². The lowest BCUT2D eigenvalue weighted by Gasteiger charge is -2.00. The zero-order valence-electron chi connectivity index (χ0n) is 20.3. The molecular weight excluding hydrogens is 502 g/mol. The van der Waals surface area contributed by atoms with Crippen LogP contribution in [0, 0.1) is 11.6 Å². The molecule has 190 valence electrons. The van der Waals surface area contributed by atoms with E-state index in [1.54, 1.807) is 12.1 Å². The number of hydrogen-bond acceptors (Lipinski definition) is 4. The van der Waals surface area contributed by atoms with Crippen molar-refractivity contribution in [2.45, 2.75) is 51.4 Å². The van der Waals surface area contributed by atoms with Crippen molar-refractivity contribution in [3.63, 3.8) is 0 Å². The average molecular weight is 531 g/mol. The Kier molecular flexibility index (Phi) is 8.58. The van der Waals surface area contributed by atoms with E-state index in [1.807, 2.05) is 23.2 Å². The van der Waals surface area contributed by atoms with Crippen LogP contribution in [-0.2, 0) is 23.7 Å². The number of unbranched alkanes of at least 4 members (excludes halogenated alkanes) is 5. The molecule has 0 aliphatic rings. The quantitative estimate of drug-likeness (QED) is 0.259. The molecular formula is C26H28F2N4O2S2. The van der Waals surface area contributed by atoms with Crippen LogP contribution in [0.4, 0.5) is 8.78 Å². The first-order valence-corrected chi connectivity index (χ1v) is 13.6. The zero-order valence-corrected chi connectivity index (χ0v) is 21.9. The van der Waals surface area contributed by atoms with Crippen molar-refractivity contribution in [3.8, 4) is 0 Å². The first kappa shape index (κ1) is 26.1. The molecule has 2 aromatic heterocycles. The van der Waals surface area contributed by atoms with Crippen LogP contribution in [0.15, 0.2) is 46.4 Å². The molecule has 0 fully saturated rings. The summed E-state index contributed by atoms with van der Waals surface area (Å²) in [6, 6.07) is 9.10. The van der Waals surface area contributed by atoms with Crippen LogP contribution in [0.5, 0.6) is 0 Å². The van der Waals surface area contributed by atoms with Gasteiger partial charge >= 0.3 is 0 Å². The van der Waals surface area contributed by atoms with Gasteiger partial charge in [-0.15, -0.1) is 0 Å². The number of amides is 2. The fraction of sp³-hybridized carbons (Fsp3) is 0.385. The maximum Gasteiger partial charge on any atom is 0.248 e. The second kappa shape index (κ2) is 11.8. The normalized spacial score (nSPS) is 12.8. The molecule has 6 nitrogen and oxygen atoms in total. The Balaban J connectivity index is 1.15. The van der Waals surface area contributed by atoms with Crippen LogP contribution in [0.3, 0.4) is 0 Å². The van der Waals surface area contributed by atoms with Crippen LogP contribution in [0.1, 0.15) is 51.4 Å². The van der Waals surface area contributed by atoms with E-state index in [2.05, 4.69) is 9.98 Å². The second-order valence-corrected chi connectivity index (χ2v) is 10.8. The summed E-state index contributed by atoms with van der Waals surface area (Å²) in [5, 5.41) is 0. The highest BCUT2D eigenvalue weighted by Crippen LogP contribution is 2.19. The molecule has 36 heavy (non-hydrogen) atoms. The van der Waals surface area contributed by atoms with E-state index < -0.39 is 0 Å². The zero-order chi connectivity index (χ0) is 25.7. The SMILES string of the molecule is Cn1c(=NC(=O)CCCCCCCCC(=O)N=c2sc3cc(F)ccc3n2C)sc2cc(F)ccc21. The number of hydrogen-bond donors (Lipinski definition) is 0. The van der Waals surface area contributed by atoms with Crippen LogP contribution in [-0.4, -0.2) is 20.9 Å². The van der Waals surface area contributed by atoms with Crippen molar-refractivity contribution in [1.29, 1.82) is 0 Å². The maximum atomic E-state index is 13.4. The highest BCUT2D eigenvalue weighted by atomic mass is 32.1. The molecule has 2 amide bonds. The van der Waals surface area contributed by atoms with Crippen LogP contribution in [0.25, 0.3) is 20.4 Å². The van der Waals surface area contributed by atoms with Crippen molar-refractivity contribution in [3.05, 3.63) is 57.6 Å². The third kappa shape index (κ3) is 6.41. The number of carbonyl (C=O) groups is 2. The number of halogens is 2. The van der Waals surface area contributed by atoms with E-state index in [0.29, 0.717) is 22.4 Å². The second-order valence-electron chi connectivity index (χ2n) is 8.74. The standard InChI is InChI=1S/C26H28F2N4O2S2/c1-31-19-13-11-17(27)15-21(19)35-25(31)29-23(33)9-7-5-3-4-6-8-10-24(34)30-26-32(2)20-14-12-18(28)16-22(20)36-26/h11-16H,3-10H2,1-2H3. The monoisotopic (exact) mass is 530 g/mol. The molecule has 0 atom stereocenters. The summed E-state index contributed by atoms with van der Waals surface area (Å²) in [6.45, 7) is 0. The number of carbonyl (C=O) groups excluding carboxylic acids is 2. The third-order valence-corrected chi connectivity index (χ3v) is 8.20. The van der Waals surface area contributed by atoms with Crippen molar-refractivity contribution < 1.29 is 18.4 Å². The summed E-state index contributed by atoms with van der Waals surface area (Å²) < 4.78 is 32.0. The Morgan fingerprint density at radius 2 is 1.08 bits per heavy atom. The predicted octanol–water partition coefficient (Wildman–Crippen LogP) is 5.75. The smallest absolute Gasteiger partial charge is 0.248 e. The van der Waals surface area contributed by atoms with E-state index >= 15 is 0 Å². The van der Waals surface area contributed by atoms with E-state index in [4.69, 9.17) is 0 Å². The van der Waals surface area contributed by atoms with Crippen molar-refractivity contribution in [1.82, 2.24) is 9.13 Å². The van der Waals surface area contributed by atoms with E-state index in [0.717, 1.165) is 59.0 Å². The molecule has 0 unspecified atom stereocenters. The lowest BCUT2D eigenvalue weighted by molar-refractivity contribution is -0.119. The summed E-state index contributed by atoms with van der Waals surface area (Å²) >= 11 is 2.62. The number of nitrogens with zero attached hydrogens (tertiary/aromatic N) is 4. The summed E-state index contributed by atoms with van der Waals surface area (Å²) in [7, 11) is 3.65. The number of aryl methyl sites for hydroxylation is 2. The van der Waals surface area contributed by atoms with Crippen molar-refractivity contribution in [2.24, 2.45) is 24.1 Å². The van der Waals surface area contributed by atoms with Gasteiger partial charge in [-0.25, -0.2) is 8.78 Å². The third-order valence-electron chi connectivity index (χ3n) is 6.01. The number of benzene rings is 2. The average Bonchev–Trinajstić information content (AvgIpc) is 3.30. The number of rotatable bonds is 9. The van der Waals surface area contributed by atoms with Gasteiger partial charge in [0.2, 0.25) is 11.8 Å². The molecule has 0 saturated carbocycles. The molecule has 0 aliphatic heterocycles. The van der Waals surface area contributed by atoms with Gasteiger partial charge in [0.1, 0.15) is 11.6 Å². The molecule has 4 rings (SSSR count). The minimum atomic E-state index is -0.302. The molecule has 0 spiro atoms. The fourth-order valence-corrected chi connectivity index (χ4v) is 6.13. The molecule has 10 heteroatoms. The number of thiazole rings is 2. The van der Waals surface area contributed by atoms with Gasteiger partial charge in [-0.05, 0) is 49.2 Å². The van der Waals surface area contributed by atoms with E-state index in [9.17, 15) is 18.4 Å². The van der Waals surface area contributed by atoms with E-state index in [-0.39, 0.29) is 23.4 Å². The van der Waals surface area contributed by atoms with Gasteiger partial charge in [-0.1, -0.05) is 48.4 Å². The minimum Gasteiger partial charge on any atom is -0.319 e. The fourth-order valence-electron chi connectivity index (χ4n) is 4.01. The Labute approximate surface area is 215 Å². The van der Waals surface area contributed by atoms with Gasteiger partial charge < -0.3 is 9.13 Å². The van der Waals surface area contributed by atoms with Crippen LogP contribution in [0.2, 0.25) is 0 Å². The topological polar surface area (TPSA) is 68.7 Å². The minimum absolute atomic E-state index is 0.165. The Bertz CT molecular complexity index is 1430. The highest BCUT2D eigenvalue weighted by Gasteiger charge is 2.08. The molecule has 4 aromatic rings. The lowest BCUT2D eigenvalue weighted by atomic mass is 10.1. The first-order valence-electron chi connectivity index (χ1n) is 12.0. The Morgan fingerprint density at radius 3 is 1.50 bits per heavy atom. The van der Waals surface area contributed by atoms with Gasteiger partial charge in [-0.3, -0.25) is 9.59 Å². The number of aromatic nitrogens is 2. The molecule has 2 aromatic carbocycles. The maximum absolute atomic E-state index is 13.4. The van der Waals surface area contributed by atoms with Gasteiger partial charge in [0, 0.05) is 26.9 Å². The molecule has 0 radical (unpaired) electrons. The summed E-state index contributed by atoms with van der Waals surface area (Å²) in [5.74, 6) is -0.933. The van der Waals surface area contributed by atoms with Gasteiger partial charge in [-0.2, -0.15) is 9.98 Å². The Hall–Kier alpha value is -2.98. The van der Waals surface area contributed by atoms with Crippen molar-refractivity contribution >= 4 is 54.9 Å². The molecule has 0 bridgehead atoms. The van der Waals surface area contributed by atoms with Crippen LogP contribution >= 0.6 is 22.7 Å². The predicted molar refractivity (Wildman–Crippen MR) is 140 cm³/mol. The van der Waals surface area contributed by atoms with Gasteiger partial charge in [0.25, 0.3) is 0 Å². The summed E-state index contributed by atoms with van der Waals surface area (Å²) in [6.07, 6.45) is 6.14. The highest BCUT2D eigenvalue weighted by molar-refractivity contribution is 7.16. The van der Waals surface area contributed by atoms with Crippen molar-refractivity contribution in [2.75, 3.05) is 0 Å². The van der Waals surface area contributed by atoms with Gasteiger partial charge in [0.05, 0.1) is 20.4 Å². The summed E-state index contributed by atoms with van der Waals surface area (Å²) in [4.78, 5) is 34.1. The summed E-state index contributed by atoms with van der Waals surface area (Å²) in [5.41, 5.74) is 1.71. The molecule has 0 saturated heterocycles. The van der Waals surface area contributed by atoms with E-state index in [1.165, 1.54) is 46.9 Å². The first-order chi connectivity index (χ1) is 17.3. The molecule has 0 N–H and O–H groups in total. The van der Waals surface area contributed by atoms with Crippen LogP contribution < -0.4 is 9.60 Å². The largest absolute Gasteiger partial charge is 0.319 e. The Morgan fingerprint density at radius 1 is 0.694 bits per heavy atom.